The van der Waals surface area contributed by atoms with E-state index in [1.807, 2.05) is 13.1 Å². The van der Waals surface area contributed by atoms with Gasteiger partial charge in [-0.1, -0.05) is 6.92 Å². The maximum Gasteiger partial charge on any atom is 0.157 e. The number of allylic oxidation sites excluding steroid dienone is 1. The Morgan fingerprint density at radius 2 is 2.50 bits per heavy atom. The molecule has 0 N–H and O–H groups in total. The van der Waals surface area contributed by atoms with E-state index in [0.29, 0.717) is 5.92 Å². The van der Waals surface area contributed by atoms with E-state index < -0.39 is 0 Å². The number of hydrogen-bond acceptors (Lipinski definition) is 2. The molecular formula is C8H11NO. The highest BCUT2D eigenvalue weighted by molar-refractivity contribution is 5.94. The molecule has 0 radical (unpaired) electrons. The molecule has 1 rings (SSSR count). The predicted molar refractivity (Wildman–Crippen MR) is 41.0 cm³/mol. The zero-order valence-electron chi connectivity index (χ0n) is 6.29. The van der Waals surface area contributed by atoms with E-state index in [2.05, 4.69) is 4.99 Å². The number of ketones is 1. The van der Waals surface area contributed by atoms with E-state index in [0.717, 1.165) is 12.0 Å². The van der Waals surface area contributed by atoms with E-state index in [1.54, 1.807) is 13.1 Å². The second-order valence-corrected chi connectivity index (χ2v) is 2.61. The van der Waals surface area contributed by atoms with E-state index in [1.165, 1.54) is 0 Å². The summed E-state index contributed by atoms with van der Waals surface area (Å²) in [6.07, 6.45) is 4.40. The van der Waals surface area contributed by atoms with Gasteiger partial charge in [-0.2, -0.15) is 0 Å². The quantitative estimate of drug-likeness (QED) is 0.539. The Balaban J connectivity index is 2.80. The molecule has 1 heterocycles. The summed E-state index contributed by atoms with van der Waals surface area (Å²) in [6, 6.07) is 0. The molecule has 10 heavy (non-hydrogen) atoms. The van der Waals surface area contributed by atoms with Gasteiger partial charge in [-0.25, -0.2) is 0 Å². The van der Waals surface area contributed by atoms with Crippen molar-refractivity contribution >= 4 is 12.0 Å². The third-order valence-corrected chi connectivity index (χ3v) is 1.72. The van der Waals surface area contributed by atoms with E-state index in [9.17, 15) is 4.79 Å². The number of carbonyl (C=O) groups is 1. The van der Waals surface area contributed by atoms with Crippen LogP contribution in [0.25, 0.3) is 0 Å². The predicted octanol–water partition coefficient (Wildman–Crippen LogP) is 1.57. The fraction of sp³-hybridized carbons (Fsp3) is 0.500. The number of rotatable bonds is 1. The molecule has 0 fully saturated rings. The van der Waals surface area contributed by atoms with Crippen LogP contribution in [0.15, 0.2) is 16.8 Å². The van der Waals surface area contributed by atoms with Crippen molar-refractivity contribution < 1.29 is 4.79 Å². The first-order chi connectivity index (χ1) is 4.72. The molecule has 0 saturated heterocycles. The minimum atomic E-state index is 0.143. The number of Topliss-reactive ketones (excluding diaryl/α,β-unsaturated/α-hetero) is 1. The van der Waals surface area contributed by atoms with Crippen LogP contribution in [0.4, 0.5) is 0 Å². The van der Waals surface area contributed by atoms with E-state index >= 15 is 0 Å². The number of hydrogen-bond donors (Lipinski definition) is 0. The number of nitrogens with zero attached hydrogens (tertiary/aromatic N) is 1. The third kappa shape index (κ3) is 1.32. The molecule has 2 heteroatoms. The van der Waals surface area contributed by atoms with Crippen LogP contribution in [-0.4, -0.2) is 12.0 Å². The van der Waals surface area contributed by atoms with E-state index in [-0.39, 0.29) is 5.78 Å². The summed E-state index contributed by atoms with van der Waals surface area (Å²) in [5.74, 6) is 0.499. The lowest BCUT2D eigenvalue weighted by Crippen LogP contribution is -2.10. The first-order valence-corrected chi connectivity index (χ1v) is 3.44. The molecule has 0 aromatic heterocycles. The highest BCUT2D eigenvalue weighted by Crippen LogP contribution is 2.17. The SMILES string of the molecule is CC(=O)C1=CN=CCC1C. The fourth-order valence-corrected chi connectivity index (χ4v) is 1.04. The zero-order chi connectivity index (χ0) is 7.56. The highest BCUT2D eigenvalue weighted by atomic mass is 16.1. The van der Waals surface area contributed by atoms with Gasteiger partial charge in [-0.05, 0) is 19.3 Å². The second-order valence-electron chi connectivity index (χ2n) is 2.61. The largest absolute Gasteiger partial charge is 0.295 e. The molecule has 0 bridgehead atoms. The van der Waals surface area contributed by atoms with Crippen molar-refractivity contribution in [3.05, 3.63) is 11.8 Å². The monoisotopic (exact) mass is 137 g/mol. The Labute approximate surface area is 60.7 Å². The number of aliphatic imine (C=N–C) groups is 1. The molecule has 0 aromatic carbocycles. The Bertz CT molecular complexity index is 203. The Morgan fingerprint density at radius 1 is 1.80 bits per heavy atom. The van der Waals surface area contributed by atoms with Gasteiger partial charge in [0.15, 0.2) is 5.78 Å². The van der Waals surface area contributed by atoms with Crippen molar-refractivity contribution in [3.63, 3.8) is 0 Å². The summed E-state index contributed by atoms with van der Waals surface area (Å²) in [6.45, 7) is 3.63. The Kier molecular flexibility index (Phi) is 2.00. The molecule has 2 nitrogen and oxygen atoms in total. The lowest BCUT2D eigenvalue weighted by Gasteiger charge is -2.12. The van der Waals surface area contributed by atoms with Crippen LogP contribution in [0.1, 0.15) is 20.3 Å². The van der Waals surface area contributed by atoms with Gasteiger partial charge in [0.25, 0.3) is 0 Å². The van der Waals surface area contributed by atoms with Gasteiger partial charge < -0.3 is 0 Å². The summed E-state index contributed by atoms with van der Waals surface area (Å²) in [4.78, 5) is 14.8. The van der Waals surface area contributed by atoms with Crippen molar-refractivity contribution in [2.45, 2.75) is 20.3 Å². The van der Waals surface area contributed by atoms with Crippen LogP contribution < -0.4 is 0 Å². The smallest absolute Gasteiger partial charge is 0.157 e. The van der Waals surface area contributed by atoms with Crippen LogP contribution in [0, 0.1) is 5.92 Å². The minimum Gasteiger partial charge on any atom is -0.295 e. The maximum absolute atomic E-state index is 10.9. The standard InChI is InChI=1S/C8H11NO/c1-6-3-4-9-5-8(6)7(2)10/h4-6H,3H2,1-2H3. The molecule has 0 aromatic rings. The Hall–Kier alpha value is -0.920. The van der Waals surface area contributed by atoms with Crippen LogP contribution in [0.5, 0.6) is 0 Å². The molecule has 0 spiro atoms. The van der Waals surface area contributed by atoms with Gasteiger partial charge in [-0.3, -0.25) is 9.79 Å². The molecule has 1 aliphatic heterocycles. The summed E-state index contributed by atoms with van der Waals surface area (Å²) < 4.78 is 0. The van der Waals surface area contributed by atoms with Gasteiger partial charge in [0.2, 0.25) is 0 Å². The molecule has 1 aliphatic rings. The average Bonchev–Trinajstić information content (AvgIpc) is 1.88. The second kappa shape index (κ2) is 2.78. The Morgan fingerprint density at radius 3 is 2.90 bits per heavy atom. The van der Waals surface area contributed by atoms with Crippen molar-refractivity contribution in [1.82, 2.24) is 0 Å². The fourth-order valence-electron chi connectivity index (χ4n) is 1.04. The molecule has 1 atom stereocenters. The lowest BCUT2D eigenvalue weighted by atomic mass is 9.95. The topological polar surface area (TPSA) is 29.4 Å². The van der Waals surface area contributed by atoms with Gasteiger partial charge in [0, 0.05) is 18.0 Å². The first kappa shape index (κ1) is 7.19. The van der Waals surface area contributed by atoms with Gasteiger partial charge in [-0.15, -0.1) is 0 Å². The van der Waals surface area contributed by atoms with Crippen molar-refractivity contribution in [1.29, 1.82) is 0 Å². The number of carbonyl (C=O) groups excluding carboxylic acids is 1. The zero-order valence-corrected chi connectivity index (χ0v) is 6.29. The highest BCUT2D eigenvalue weighted by Gasteiger charge is 2.13. The minimum absolute atomic E-state index is 0.143. The van der Waals surface area contributed by atoms with Gasteiger partial charge in [0.1, 0.15) is 0 Å². The molecular weight excluding hydrogens is 126 g/mol. The molecule has 0 amide bonds. The first-order valence-electron chi connectivity index (χ1n) is 3.44. The van der Waals surface area contributed by atoms with Crippen LogP contribution in [-0.2, 0) is 4.79 Å². The van der Waals surface area contributed by atoms with Gasteiger partial charge in [0.05, 0.1) is 0 Å². The van der Waals surface area contributed by atoms with Crippen LogP contribution in [0.3, 0.4) is 0 Å². The third-order valence-electron chi connectivity index (χ3n) is 1.72. The summed E-state index contributed by atoms with van der Waals surface area (Å²) in [5.41, 5.74) is 0.850. The molecule has 54 valence electrons. The maximum atomic E-state index is 10.9. The summed E-state index contributed by atoms with van der Waals surface area (Å²) >= 11 is 0. The normalized spacial score (nSPS) is 24.2. The molecule has 1 unspecified atom stereocenters. The van der Waals surface area contributed by atoms with Crippen LogP contribution >= 0.6 is 0 Å². The van der Waals surface area contributed by atoms with E-state index in [4.69, 9.17) is 0 Å². The van der Waals surface area contributed by atoms with Crippen LogP contribution in [0.2, 0.25) is 0 Å². The van der Waals surface area contributed by atoms with Gasteiger partial charge >= 0.3 is 0 Å². The lowest BCUT2D eigenvalue weighted by molar-refractivity contribution is -0.114. The molecule has 0 aliphatic carbocycles. The summed E-state index contributed by atoms with van der Waals surface area (Å²) in [5, 5.41) is 0. The summed E-state index contributed by atoms with van der Waals surface area (Å²) in [7, 11) is 0. The van der Waals surface area contributed by atoms with Crippen molar-refractivity contribution in [3.8, 4) is 0 Å². The van der Waals surface area contributed by atoms with Crippen molar-refractivity contribution in [2.75, 3.05) is 0 Å². The van der Waals surface area contributed by atoms with Crippen molar-refractivity contribution in [2.24, 2.45) is 10.9 Å². The average molecular weight is 137 g/mol. The molecule has 0 saturated carbocycles.